The van der Waals surface area contributed by atoms with Gasteiger partial charge in [0.05, 0.1) is 0 Å². The highest BCUT2D eigenvalue weighted by Crippen LogP contribution is 2.39. The van der Waals surface area contributed by atoms with Crippen molar-refractivity contribution >= 4 is 11.1 Å². The van der Waals surface area contributed by atoms with Gasteiger partial charge in [-0.3, -0.25) is 0 Å². The molecule has 0 saturated heterocycles. The number of phenols is 2. The lowest BCUT2D eigenvalue weighted by atomic mass is 9.88. The van der Waals surface area contributed by atoms with Crippen LogP contribution in [0.15, 0.2) is 66.7 Å². The van der Waals surface area contributed by atoms with Crippen LogP contribution in [-0.2, 0) is 0 Å². The summed E-state index contributed by atoms with van der Waals surface area (Å²) in [6.07, 6.45) is 0.802. The highest BCUT2D eigenvalue weighted by Gasteiger charge is 2.18. The summed E-state index contributed by atoms with van der Waals surface area (Å²) >= 11 is 0. The Balaban J connectivity index is 1.93. The van der Waals surface area contributed by atoms with Crippen LogP contribution in [0.3, 0.4) is 0 Å². The van der Waals surface area contributed by atoms with Gasteiger partial charge in [-0.15, -0.1) is 0 Å². The van der Waals surface area contributed by atoms with Crippen molar-refractivity contribution in [2.24, 2.45) is 0 Å². The second kappa shape index (κ2) is 7.08. The molecule has 0 bridgehead atoms. The highest BCUT2D eigenvalue weighted by molar-refractivity contribution is 5.99. The van der Waals surface area contributed by atoms with Gasteiger partial charge >= 0.3 is 0 Å². The van der Waals surface area contributed by atoms with Crippen molar-refractivity contribution in [1.82, 2.24) is 0 Å². The third-order valence-electron chi connectivity index (χ3n) is 4.69. The van der Waals surface area contributed by atoms with Crippen LogP contribution in [0.4, 0.5) is 0 Å². The molecule has 1 heterocycles. The van der Waals surface area contributed by atoms with Crippen LogP contribution < -0.4 is 9.47 Å². The Hall–Kier alpha value is -3.40. The molecular weight excluding hydrogens is 340 g/mol. The summed E-state index contributed by atoms with van der Waals surface area (Å²) in [5.74, 6) is 1.95. The summed E-state index contributed by atoms with van der Waals surface area (Å²) in [4.78, 5) is 0. The van der Waals surface area contributed by atoms with Gasteiger partial charge in [0.2, 0.25) is 6.79 Å². The molecule has 4 rings (SSSR count). The molecule has 0 spiro atoms. The number of hydrogen-bond acceptors (Lipinski definition) is 4. The number of phenolic OH excluding ortho intramolecular Hbond substituents is 2. The van der Waals surface area contributed by atoms with Crippen molar-refractivity contribution < 1.29 is 19.7 Å². The quantitative estimate of drug-likeness (QED) is 0.628. The van der Waals surface area contributed by atoms with Gasteiger partial charge in [-0.05, 0) is 70.7 Å². The predicted octanol–water partition coefficient (Wildman–Crippen LogP) is 5.20. The minimum absolute atomic E-state index is 0.227. The van der Waals surface area contributed by atoms with Crippen LogP contribution in [0.2, 0.25) is 0 Å². The molecule has 0 fully saturated rings. The van der Waals surface area contributed by atoms with Gasteiger partial charge in [0.15, 0.2) is 11.5 Å². The summed E-state index contributed by atoms with van der Waals surface area (Å²) in [7, 11) is 0. The second-order valence-electron chi connectivity index (χ2n) is 6.37. The van der Waals surface area contributed by atoms with E-state index in [9.17, 15) is 10.2 Å². The molecule has 0 aliphatic carbocycles. The first-order valence-electron chi connectivity index (χ1n) is 8.87. The lowest BCUT2D eigenvalue weighted by Crippen LogP contribution is -1.95. The fourth-order valence-electron chi connectivity index (χ4n) is 3.38. The minimum atomic E-state index is 0.227. The minimum Gasteiger partial charge on any atom is -0.508 e. The molecule has 136 valence electrons. The molecule has 1 aliphatic heterocycles. The van der Waals surface area contributed by atoms with E-state index in [0.717, 1.165) is 45.8 Å². The molecule has 0 amide bonds. The Kier molecular flexibility index (Phi) is 4.47. The number of hydrogen-bond donors (Lipinski definition) is 2. The number of ether oxygens (including phenoxy) is 2. The van der Waals surface area contributed by atoms with Crippen molar-refractivity contribution in [2.45, 2.75) is 13.3 Å². The molecule has 0 radical (unpaired) electrons. The van der Waals surface area contributed by atoms with E-state index in [1.54, 1.807) is 24.3 Å². The molecule has 0 atom stereocenters. The molecule has 2 N–H and O–H groups in total. The van der Waals surface area contributed by atoms with E-state index in [1.165, 1.54) is 0 Å². The van der Waals surface area contributed by atoms with Gasteiger partial charge in [0.25, 0.3) is 0 Å². The first-order valence-corrected chi connectivity index (χ1v) is 8.87. The van der Waals surface area contributed by atoms with Crippen LogP contribution in [0.1, 0.15) is 30.0 Å². The van der Waals surface area contributed by atoms with E-state index in [2.05, 4.69) is 6.92 Å². The Bertz CT molecular complexity index is 938. The van der Waals surface area contributed by atoms with Gasteiger partial charge in [0.1, 0.15) is 11.5 Å². The van der Waals surface area contributed by atoms with E-state index in [-0.39, 0.29) is 18.3 Å². The maximum atomic E-state index is 9.68. The van der Waals surface area contributed by atoms with Crippen molar-refractivity contribution in [1.29, 1.82) is 0 Å². The zero-order valence-corrected chi connectivity index (χ0v) is 15.0. The van der Waals surface area contributed by atoms with Crippen LogP contribution in [-0.4, -0.2) is 17.0 Å². The zero-order chi connectivity index (χ0) is 18.8. The Morgan fingerprint density at radius 1 is 0.741 bits per heavy atom. The van der Waals surface area contributed by atoms with Crippen molar-refractivity contribution in [3.63, 3.8) is 0 Å². The fraction of sp³-hybridized carbons (Fsp3) is 0.130. The Morgan fingerprint density at radius 3 is 1.81 bits per heavy atom. The number of aromatic hydroxyl groups is 2. The summed E-state index contributed by atoms with van der Waals surface area (Å²) in [5.41, 5.74) is 5.24. The van der Waals surface area contributed by atoms with E-state index in [0.29, 0.717) is 0 Å². The summed E-state index contributed by atoms with van der Waals surface area (Å²) in [6.45, 7) is 2.35. The van der Waals surface area contributed by atoms with Crippen LogP contribution >= 0.6 is 0 Å². The number of benzene rings is 3. The van der Waals surface area contributed by atoms with Gasteiger partial charge in [0, 0.05) is 0 Å². The van der Waals surface area contributed by atoms with Gasteiger partial charge in [-0.2, -0.15) is 0 Å². The average molecular weight is 360 g/mol. The summed E-state index contributed by atoms with van der Waals surface area (Å²) in [6, 6.07) is 20.3. The monoisotopic (exact) mass is 360 g/mol. The molecule has 0 saturated carbocycles. The first-order chi connectivity index (χ1) is 13.2. The lowest BCUT2D eigenvalue weighted by molar-refractivity contribution is 0.174. The van der Waals surface area contributed by atoms with E-state index in [4.69, 9.17) is 9.47 Å². The maximum absolute atomic E-state index is 9.68. The van der Waals surface area contributed by atoms with E-state index in [1.807, 2.05) is 42.5 Å². The zero-order valence-electron chi connectivity index (χ0n) is 15.0. The standard InChI is InChI=1S/C23H20O4/c1-2-20(17-7-12-21-22(13-17)27-14-26-21)23(15-3-8-18(24)9-4-15)16-5-10-19(25)11-6-16/h3-13,24-25H,2,14H2,1H3. The smallest absolute Gasteiger partial charge is 0.231 e. The third-order valence-corrected chi connectivity index (χ3v) is 4.69. The van der Waals surface area contributed by atoms with Crippen molar-refractivity contribution in [3.05, 3.63) is 83.4 Å². The number of fused-ring (bicyclic) bond motifs is 1. The summed E-state index contributed by atoms with van der Waals surface area (Å²) < 4.78 is 11.0. The molecule has 4 heteroatoms. The molecule has 3 aromatic carbocycles. The number of rotatable bonds is 4. The average Bonchev–Trinajstić information content (AvgIpc) is 3.16. The van der Waals surface area contributed by atoms with Crippen molar-refractivity contribution in [3.8, 4) is 23.0 Å². The molecule has 0 unspecified atom stereocenters. The maximum Gasteiger partial charge on any atom is 0.231 e. The van der Waals surface area contributed by atoms with Gasteiger partial charge in [-0.25, -0.2) is 0 Å². The molecule has 4 nitrogen and oxygen atoms in total. The molecular formula is C23H20O4. The Morgan fingerprint density at radius 2 is 1.26 bits per heavy atom. The highest BCUT2D eigenvalue weighted by atomic mass is 16.7. The third kappa shape index (κ3) is 3.34. The topological polar surface area (TPSA) is 58.9 Å². The van der Waals surface area contributed by atoms with E-state index < -0.39 is 0 Å². The SMILES string of the molecule is CCC(=C(c1ccc(O)cc1)c1ccc(O)cc1)c1ccc2c(c1)OCO2. The van der Waals surface area contributed by atoms with Crippen LogP contribution in [0.5, 0.6) is 23.0 Å². The molecule has 27 heavy (non-hydrogen) atoms. The van der Waals surface area contributed by atoms with Crippen LogP contribution in [0, 0.1) is 0 Å². The predicted molar refractivity (Wildman–Crippen MR) is 105 cm³/mol. The normalized spacial score (nSPS) is 12.0. The number of allylic oxidation sites excluding steroid dienone is 1. The van der Waals surface area contributed by atoms with Crippen LogP contribution in [0.25, 0.3) is 11.1 Å². The Labute approximate surface area is 157 Å². The lowest BCUT2D eigenvalue weighted by Gasteiger charge is -2.17. The molecule has 1 aliphatic rings. The molecule has 3 aromatic rings. The summed E-state index contributed by atoms with van der Waals surface area (Å²) in [5, 5.41) is 19.4. The van der Waals surface area contributed by atoms with E-state index >= 15 is 0 Å². The fourth-order valence-corrected chi connectivity index (χ4v) is 3.38. The molecule has 0 aromatic heterocycles. The largest absolute Gasteiger partial charge is 0.508 e. The van der Waals surface area contributed by atoms with Gasteiger partial charge < -0.3 is 19.7 Å². The van der Waals surface area contributed by atoms with Crippen molar-refractivity contribution in [2.75, 3.05) is 6.79 Å². The second-order valence-corrected chi connectivity index (χ2v) is 6.37. The first kappa shape index (κ1) is 17.0. The van der Waals surface area contributed by atoms with Gasteiger partial charge in [-0.1, -0.05) is 37.3 Å².